The molecule has 26 heavy (non-hydrogen) atoms. The summed E-state index contributed by atoms with van der Waals surface area (Å²) in [4.78, 5) is 12.4. The molecule has 0 radical (unpaired) electrons. The van der Waals surface area contributed by atoms with Crippen LogP contribution in [-0.4, -0.2) is 47.7 Å². The van der Waals surface area contributed by atoms with E-state index < -0.39 is 12.5 Å². The molecule has 2 heterocycles. The Labute approximate surface area is 148 Å². The van der Waals surface area contributed by atoms with Crippen molar-refractivity contribution >= 4 is 11.6 Å². The highest BCUT2D eigenvalue weighted by atomic mass is 19.3. The van der Waals surface area contributed by atoms with Crippen LogP contribution in [-0.2, 0) is 0 Å². The van der Waals surface area contributed by atoms with E-state index in [0.29, 0.717) is 5.75 Å². The number of hydrogen-bond donors (Lipinski definition) is 2. The van der Waals surface area contributed by atoms with Crippen molar-refractivity contribution < 1.29 is 23.0 Å². The molecule has 1 aromatic carbocycles. The van der Waals surface area contributed by atoms with Crippen LogP contribution in [0.1, 0.15) is 29.4 Å². The summed E-state index contributed by atoms with van der Waals surface area (Å²) in [6, 6.07) is 4.33. The second kappa shape index (κ2) is 8.09. The largest absolute Gasteiger partial charge is 0.497 e. The molecule has 1 fully saturated rings. The minimum atomic E-state index is -3.01. The predicted octanol–water partition coefficient (Wildman–Crippen LogP) is 2.06. The topological polar surface area (TPSA) is 90.3 Å². The number of alkyl halides is 2. The number of benzene rings is 1. The lowest BCUT2D eigenvalue weighted by Crippen LogP contribution is -2.29. The van der Waals surface area contributed by atoms with E-state index in [1.165, 1.54) is 25.3 Å². The van der Waals surface area contributed by atoms with Crippen LogP contribution in [0.2, 0.25) is 0 Å². The standard InChI is InChI=1S/C16H19F2N5O3/c1-25-11-2-3-14(26-16(17)18)12(8-11)20-15(24)13-9-23(22-21-13)10-4-6-19-7-5-10/h2-3,8-10,16,19H,4-7H2,1H3,(H,20,24). The summed E-state index contributed by atoms with van der Waals surface area (Å²) < 4.78 is 36.3. The Morgan fingerprint density at radius 1 is 1.38 bits per heavy atom. The molecule has 1 aromatic heterocycles. The van der Waals surface area contributed by atoms with E-state index >= 15 is 0 Å². The van der Waals surface area contributed by atoms with Gasteiger partial charge in [0.05, 0.1) is 25.0 Å². The number of hydrogen-bond acceptors (Lipinski definition) is 6. The molecule has 140 valence electrons. The average Bonchev–Trinajstić information content (AvgIpc) is 3.14. The van der Waals surface area contributed by atoms with E-state index in [9.17, 15) is 13.6 Å². The Morgan fingerprint density at radius 2 is 2.15 bits per heavy atom. The van der Waals surface area contributed by atoms with Crippen LogP contribution in [0.15, 0.2) is 24.4 Å². The summed E-state index contributed by atoms with van der Waals surface area (Å²) in [5.41, 5.74) is 0.153. The van der Waals surface area contributed by atoms with Crippen LogP contribution >= 0.6 is 0 Å². The third-order valence-electron chi connectivity index (χ3n) is 4.08. The Kier molecular flexibility index (Phi) is 5.61. The molecule has 1 aliphatic heterocycles. The molecule has 2 N–H and O–H groups in total. The lowest BCUT2D eigenvalue weighted by molar-refractivity contribution is -0.0494. The molecule has 0 saturated carbocycles. The first-order chi connectivity index (χ1) is 12.6. The predicted molar refractivity (Wildman–Crippen MR) is 88.7 cm³/mol. The van der Waals surface area contributed by atoms with Gasteiger partial charge in [-0.3, -0.25) is 4.79 Å². The third kappa shape index (κ3) is 4.26. The number of ether oxygens (including phenoxy) is 2. The van der Waals surface area contributed by atoms with Gasteiger partial charge in [0.1, 0.15) is 11.5 Å². The van der Waals surface area contributed by atoms with Gasteiger partial charge >= 0.3 is 6.61 Å². The Morgan fingerprint density at radius 3 is 2.85 bits per heavy atom. The maximum absolute atomic E-state index is 12.6. The summed E-state index contributed by atoms with van der Waals surface area (Å²) >= 11 is 0. The van der Waals surface area contributed by atoms with Crippen LogP contribution in [0.25, 0.3) is 0 Å². The van der Waals surface area contributed by atoms with Crippen molar-refractivity contribution in [1.82, 2.24) is 20.3 Å². The third-order valence-corrected chi connectivity index (χ3v) is 4.08. The van der Waals surface area contributed by atoms with Gasteiger partial charge in [0.25, 0.3) is 5.91 Å². The van der Waals surface area contributed by atoms with Gasteiger partial charge in [-0.2, -0.15) is 8.78 Å². The van der Waals surface area contributed by atoms with Gasteiger partial charge in [0.2, 0.25) is 0 Å². The minimum Gasteiger partial charge on any atom is -0.497 e. The number of amides is 1. The second-order valence-electron chi connectivity index (χ2n) is 5.76. The van der Waals surface area contributed by atoms with Gasteiger partial charge in [-0.1, -0.05) is 5.21 Å². The summed E-state index contributed by atoms with van der Waals surface area (Å²) in [6.45, 7) is -1.26. The monoisotopic (exact) mass is 367 g/mol. The highest BCUT2D eigenvalue weighted by Gasteiger charge is 2.20. The van der Waals surface area contributed by atoms with Gasteiger partial charge in [-0.05, 0) is 38.1 Å². The zero-order chi connectivity index (χ0) is 18.5. The average molecular weight is 367 g/mol. The van der Waals surface area contributed by atoms with Gasteiger partial charge < -0.3 is 20.1 Å². The molecular formula is C16H19F2N5O3. The van der Waals surface area contributed by atoms with Gasteiger partial charge in [-0.15, -0.1) is 5.10 Å². The molecule has 0 aliphatic carbocycles. The molecule has 8 nitrogen and oxygen atoms in total. The second-order valence-corrected chi connectivity index (χ2v) is 5.76. The van der Waals surface area contributed by atoms with Crippen LogP contribution in [0.4, 0.5) is 14.5 Å². The molecule has 0 spiro atoms. The Hall–Kier alpha value is -2.75. The van der Waals surface area contributed by atoms with Crippen molar-refractivity contribution in [1.29, 1.82) is 0 Å². The summed E-state index contributed by atoms with van der Waals surface area (Å²) in [6.07, 6.45) is 3.35. The SMILES string of the molecule is COc1ccc(OC(F)F)c(NC(=O)c2cn(C3CCNCC3)nn2)c1. The number of nitrogens with zero attached hydrogens (tertiary/aromatic N) is 3. The lowest BCUT2D eigenvalue weighted by atomic mass is 10.1. The van der Waals surface area contributed by atoms with Crippen molar-refractivity contribution in [3.8, 4) is 11.5 Å². The van der Waals surface area contributed by atoms with E-state index in [-0.39, 0.29) is 23.2 Å². The number of aromatic nitrogens is 3. The molecule has 2 aromatic rings. The molecule has 1 amide bonds. The molecule has 1 aliphatic rings. The van der Waals surface area contributed by atoms with Gasteiger partial charge in [0, 0.05) is 6.07 Å². The Balaban J connectivity index is 1.75. The van der Waals surface area contributed by atoms with Crippen LogP contribution in [0.3, 0.4) is 0 Å². The number of carbonyl (C=O) groups is 1. The number of anilines is 1. The maximum atomic E-state index is 12.6. The van der Waals surface area contributed by atoms with E-state index in [1.807, 2.05) is 0 Å². The number of piperidine rings is 1. The number of rotatable bonds is 6. The van der Waals surface area contributed by atoms with E-state index in [1.54, 1.807) is 10.9 Å². The lowest BCUT2D eigenvalue weighted by Gasteiger charge is -2.22. The highest BCUT2D eigenvalue weighted by molar-refractivity contribution is 6.03. The first-order valence-corrected chi connectivity index (χ1v) is 8.13. The Bertz CT molecular complexity index is 762. The summed E-state index contributed by atoms with van der Waals surface area (Å²) in [5, 5.41) is 13.7. The quantitative estimate of drug-likeness (QED) is 0.812. The highest BCUT2D eigenvalue weighted by Crippen LogP contribution is 2.30. The van der Waals surface area contributed by atoms with Crippen molar-refractivity contribution in [2.24, 2.45) is 0 Å². The minimum absolute atomic E-state index is 0.0612. The first kappa shape index (κ1) is 18.1. The first-order valence-electron chi connectivity index (χ1n) is 8.13. The maximum Gasteiger partial charge on any atom is 0.387 e. The van der Waals surface area contributed by atoms with Gasteiger partial charge in [0.15, 0.2) is 5.69 Å². The van der Waals surface area contributed by atoms with Crippen molar-refractivity contribution in [2.45, 2.75) is 25.5 Å². The van der Waals surface area contributed by atoms with Crippen LogP contribution < -0.4 is 20.1 Å². The van der Waals surface area contributed by atoms with E-state index in [2.05, 4.69) is 25.7 Å². The molecule has 1 saturated heterocycles. The number of methoxy groups -OCH3 is 1. The fourth-order valence-electron chi connectivity index (χ4n) is 2.75. The molecule has 0 atom stereocenters. The summed E-state index contributed by atoms with van der Waals surface area (Å²) in [5.74, 6) is -0.349. The normalized spacial score (nSPS) is 15.1. The summed E-state index contributed by atoms with van der Waals surface area (Å²) in [7, 11) is 1.43. The van der Waals surface area contributed by atoms with Crippen molar-refractivity contribution in [2.75, 3.05) is 25.5 Å². The fraction of sp³-hybridized carbons (Fsp3) is 0.438. The molecule has 10 heteroatoms. The van der Waals surface area contributed by atoms with Crippen molar-refractivity contribution in [3.63, 3.8) is 0 Å². The van der Waals surface area contributed by atoms with E-state index in [4.69, 9.17) is 4.74 Å². The molecule has 0 bridgehead atoms. The van der Waals surface area contributed by atoms with E-state index in [0.717, 1.165) is 25.9 Å². The zero-order valence-corrected chi connectivity index (χ0v) is 14.1. The fourth-order valence-corrected chi connectivity index (χ4v) is 2.75. The smallest absolute Gasteiger partial charge is 0.387 e. The molecular weight excluding hydrogens is 348 g/mol. The van der Waals surface area contributed by atoms with Gasteiger partial charge in [-0.25, -0.2) is 4.68 Å². The number of halogens is 2. The number of nitrogens with one attached hydrogen (secondary N) is 2. The molecule has 0 unspecified atom stereocenters. The number of carbonyl (C=O) groups excluding carboxylic acids is 1. The van der Waals surface area contributed by atoms with Crippen molar-refractivity contribution in [3.05, 3.63) is 30.1 Å². The van der Waals surface area contributed by atoms with Crippen LogP contribution in [0, 0.1) is 0 Å². The zero-order valence-electron chi connectivity index (χ0n) is 14.1. The molecule has 3 rings (SSSR count). The van der Waals surface area contributed by atoms with Crippen LogP contribution in [0.5, 0.6) is 11.5 Å².